The monoisotopic (exact) mass is 365 g/mol. The van der Waals surface area contributed by atoms with Crippen LogP contribution in [-0.2, 0) is 4.74 Å². The normalized spacial score (nSPS) is 15.4. The summed E-state index contributed by atoms with van der Waals surface area (Å²) in [6.45, 7) is 4.67. The summed E-state index contributed by atoms with van der Waals surface area (Å²) in [4.78, 5) is 21.4. The third-order valence-corrected chi connectivity index (χ3v) is 5.05. The van der Waals surface area contributed by atoms with Crippen molar-refractivity contribution in [2.45, 2.75) is 0 Å². The second-order valence-corrected chi connectivity index (χ2v) is 6.72. The lowest BCUT2D eigenvalue weighted by Gasteiger charge is -2.34. The minimum absolute atomic E-state index is 0.0710. The van der Waals surface area contributed by atoms with E-state index in [4.69, 9.17) is 9.15 Å². The van der Waals surface area contributed by atoms with Crippen molar-refractivity contribution in [3.63, 3.8) is 0 Å². The Labute approximate surface area is 158 Å². The van der Waals surface area contributed by atoms with Gasteiger partial charge in [0.25, 0.3) is 5.91 Å². The van der Waals surface area contributed by atoms with Gasteiger partial charge in [0.1, 0.15) is 0 Å². The number of aromatic nitrogens is 1. The highest BCUT2D eigenvalue weighted by atomic mass is 16.5. The first-order valence-corrected chi connectivity index (χ1v) is 9.19. The lowest BCUT2D eigenvalue weighted by Crippen LogP contribution is -2.49. The van der Waals surface area contributed by atoms with Gasteiger partial charge in [-0.05, 0) is 16.8 Å². The van der Waals surface area contributed by atoms with Gasteiger partial charge in [0.15, 0.2) is 17.8 Å². The fourth-order valence-corrected chi connectivity index (χ4v) is 3.48. The van der Waals surface area contributed by atoms with Crippen LogP contribution in [-0.4, -0.2) is 67.1 Å². The predicted octanol–water partition coefficient (Wildman–Crippen LogP) is 2.90. The van der Waals surface area contributed by atoms with Crippen LogP contribution in [0.3, 0.4) is 0 Å². The molecule has 1 saturated heterocycles. The Morgan fingerprint density at radius 3 is 2.67 bits per heavy atom. The van der Waals surface area contributed by atoms with Gasteiger partial charge in [0.05, 0.1) is 6.61 Å². The van der Waals surface area contributed by atoms with E-state index in [0.29, 0.717) is 31.2 Å². The summed E-state index contributed by atoms with van der Waals surface area (Å²) in [7, 11) is 1.71. The van der Waals surface area contributed by atoms with Crippen molar-refractivity contribution in [3.8, 4) is 11.3 Å². The first kappa shape index (κ1) is 17.7. The van der Waals surface area contributed by atoms with Gasteiger partial charge in [-0.2, -0.15) is 0 Å². The minimum atomic E-state index is -0.0710. The summed E-state index contributed by atoms with van der Waals surface area (Å²) in [5.74, 6) is 0.464. The lowest BCUT2D eigenvalue weighted by molar-refractivity contribution is 0.0590. The van der Waals surface area contributed by atoms with Gasteiger partial charge in [-0.3, -0.25) is 9.69 Å². The van der Waals surface area contributed by atoms with Crippen molar-refractivity contribution in [2.24, 2.45) is 0 Å². The topological polar surface area (TPSA) is 58.8 Å². The molecule has 1 aliphatic rings. The van der Waals surface area contributed by atoms with Crippen LogP contribution in [0.25, 0.3) is 22.1 Å². The molecule has 0 spiro atoms. The highest BCUT2D eigenvalue weighted by Gasteiger charge is 2.26. The number of nitrogens with zero attached hydrogens (tertiary/aromatic N) is 3. The third-order valence-electron chi connectivity index (χ3n) is 5.05. The maximum Gasteiger partial charge on any atom is 0.276 e. The maximum absolute atomic E-state index is 13.0. The molecule has 140 valence electrons. The molecule has 3 aromatic rings. The summed E-state index contributed by atoms with van der Waals surface area (Å²) in [6, 6.07) is 14.2. The largest absolute Gasteiger partial charge is 0.443 e. The number of hydrogen-bond donors (Lipinski definition) is 0. The van der Waals surface area contributed by atoms with E-state index in [1.165, 1.54) is 6.39 Å². The zero-order valence-electron chi connectivity index (χ0n) is 15.4. The molecule has 1 aromatic heterocycles. The van der Waals surface area contributed by atoms with Crippen LogP contribution in [0.5, 0.6) is 0 Å². The van der Waals surface area contributed by atoms with Crippen LogP contribution in [0, 0.1) is 0 Å². The molecule has 0 aliphatic carbocycles. The zero-order valence-corrected chi connectivity index (χ0v) is 15.4. The van der Waals surface area contributed by atoms with Crippen LogP contribution in [0.4, 0.5) is 0 Å². The number of carbonyl (C=O) groups excluding carboxylic acids is 1. The Balaban J connectivity index is 1.52. The zero-order chi connectivity index (χ0) is 18.6. The van der Waals surface area contributed by atoms with E-state index in [-0.39, 0.29) is 5.91 Å². The first-order valence-electron chi connectivity index (χ1n) is 9.19. The van der Waals surface area contributed by atoms with Crippen LogP contribution in [0.2, 0.25) is 0 Å². The number of piperazine rings is 1. The molecule has 2 aromatic carbocycles. The van der Waals surface area contributed by atoms with Crippen LogP contribution in [0.15, 0.2) is 53.3 Å². The quantitative estimate of drug-likeness (QED) is 0.696. The number of rotatable bonds is 5. The van der Waals surface area contributed by atoms with Crippen LogP contribution >= 0.6 is 0 Å². The number of oxazole rings is 1. The minimum Gasteiger partial charge on any atom is -0.443 e. The fraction of sp³-hybridized carbons (Fsp3) is 0.333. The molecule has 1 aliphatic heterocycles. The Kier molecular flexibility index (Phi) is 5.18. The second-order valence-electron chi connectivity index (χ2n) is 6.72. The van der Waals surface area contributed by atoms with E-state index in [0.717, 1.165) is 36.0 Å². The summed E-state index contributed by atoms with van der Waals surface area (Å²) in [5, 5.41) is 2.26. The molecule has 0 N–H and O–H groups in total. The van der Waals surface area contributed by atoms with Gasteiger partial charge < -0.3 is 14.1 Å². The van der Waals surface area contributed by atoms with Gasteiger partial charge in [-0.1, -0.05) is 36.4 Å². The Morgan fingerprint density at radius 1 is 1.11 bits per heavy atom. The summed E-state index contributed by atoms with van der Waals surface area (Å²) in [6.07, 6.45) is 1.35. The summed E-state index contributed by atoms with van der Waals surface area (Å²) in [5.41, 5.74) is 1.25. The summed E-state index contributed by atoms with van der Waals surface area (Å²) < 4.78 is 10.7. The number of carbonyl (C=O) groups is 1. The fourth-order valence-electron chi connectivity index (χ4n) is 3.48. The molecule has 6 heteroatoms. The lowest BCUT2D eigenvalue weighted by atomic mass is 10.0. The smallest absolute Gasteiger partial charge is 0.276 e. The number of amides is 1. The Bertz CT molecular complexity index is 929. The molecule has 0 unspecified atom stereocenters. The number of benzene rings is 2. The van der Waals surface area contributed by atoms with Crippen molar-refractivity contribution in [3.05, 3.63) is 54.6 Å². The average Bonchev–Trinajstić information content (AvgIpc) is 3.21. The van der Waals surface area contributed by atoms with Crippen molar-refractivity contribution >= 4 is 16.7 Å². The van der Waals surface area contributed by atoms with Crippen molar-refractivity contribution in [1.29, 1.82) is 0 Å². The molecule has 0 bridgehead atoms. The molecule has 0 saturated carbocycles. The molecule has 0 radical (unpaired) electrons. The predicted molar refractivity (Wildman–Crippen MR) is 104 cm³/mol. The van der Waals surface area contributed by atoms with Crippen molar-refractivity contribution < 1.29 is 13.9 Å². The number of fused-ring (bicyclic) bond motifs is 1. The van der Waals surface area contributed by atoms with Gasteiger partial charge in [0.2, 0.25) is 0 Å². The summed E-state index contributed by atoms with van der Waals surface area (Å²) >= 11 is 0. The molecular formula is C21H23N3O3. The molecule has 4 rings (SSSR count). The Morgan fingerprint density at radius 2 is 1.89 bits per heavy atom. The van der Waals surface area contributed by atoms with E-state index in [1.54, 1.807) is 7.11 Å². The van der Waals surface area contributed by atoms with Crippen molar-refractivity contribution in [2.75, 3.05) is 46.4 Å². The van der Waals surface area contributed by atoms with Gasteiger partial charge in [-0.15, -0.1) is 0 Å². The number of methoxy groups -OCH3 is 1. The molecular weight excluding hydrogens is 342 g/mol. The van der Waals surface area contributed by atoms with Gasteiger partial charge >= 0.3 is 0 Å². The van der Waals surface area contributed by atoms with Gasteiger partial charge in [0, 0.05) is 45.4 Å². The maximum atomic E-state index is 13.0. The van der Waals surface area contributed by atoms with E-state index < -0.39 is 0 Å². The number of ether oxygens (including phenoxy) is 1. The highest BCUT2D eigenvalue weighted by Crippen LogP contribution is 2.28. The third kappa shape index (κ3) is 3.72. The van der Waals surface area contributed by atoms with E-state index in [9.17, 15) is 4.79 Å². The first-order chi connectivity index (χ1) is 13.3. The van der Waals surface area contributed by atoms with E-state index in [1.807, 2.05) is 35.2 Å². The van der Waals surface area contributed by atoms with E-state index in [2.05, 4.69) is 22.0 Å². The molecule has 6 nitrogen and oxygen atoms in total. The van der Waals surface area contributed by atoms with Crippen LogP contribution < -0.4 is 0 Å². The second kappa shape index (κ2) is 7.90. The molecule has 1 amide bonds. The van der Waals surface area contributed by atoms with Gasteiger partial charge in [-0.25, -0.2) is 4.98 Å². The molecule has 27 heavy (non-hydrogen) atoms. The highest BCUT2D eigenvalue weighted by molar-refractivity contribution is 5.98. The van der Waals surface area contributed by atoms with E-state index >= 15 is 0 Å². The number of hydrogen-bond acceptors (Lipinski definition) is 5. The average molecular weight is 365 g/mol. The standard InChI is InChI=1S/C21H23N3O3/c1-26-13-12-23-8-10-24(11-9-23)21(25)19-20(27-15-22-19)18-7-6-16-4-2-3-5-17(16)14-18/h2-7,14-15H,8-13H2,1H3. The molecule has 2 heterocycles. The molecule has 1 fully saturated rings. The van der Waals surface area contributed by atoms with Crippen LogP contribution in [0.1, 0.15) is 10.5 Å². The Hall–Kier alpha value is -2.70. The SMILES string of the molecule is COCCN1CCN(C(=O)c2ncoc2-c2ccc3ccccc3c2)CC1. The molecule has 0 atom stereocenters. The van der Waals surface area contributed by atoms with Crippen molar-refractivity contribution in [1.82, 2.24) is 14.8 Å².